The van der Waals surface area contributed by atoms with Crippen LogP contribution in [0.4, 0.5) is 5.69 Å². The highest BCUT2D eigenvalue weighted by Crippen LogP contribution is 2.41. The summed E-state index contributed by atoms with van der Waals surface area (Å²) in [5.41, 5.74) is -0.846. The van der Waals surface area contributed by atoms with Crippen molar-refractivity contribution in [1.82, 2.24) is 0 Å². The van der Waals surface area contributed by atoms with Crippen LogP contribution >= 0.6 is 0 Å². The Bertz CT molecular complexity index is 497. The van der Waals surface area contributed by atoms with Crippen LogP contribution in [-0.4, -0.2) is 21.8 Å². The summed E-state index contributed by atoms with van der Waals surface area (Å²) in [5.74, 6) is -1.17. The largest absolute Gasteiger partial charge is 0.481 e. The number of ketones is 1. The third-order valence-electron chi connectivity index (χ3n) is 3.04. The van der Waals surface area contributed by atoms with Crippen molar-refractivity contribution in [2.75, 3.05) is 0 Å². The molecule has 0 aromatic heterocycles. The molecule has 0 aliphatic heterocycles. The third-order valence-corrected chi connectivity index (χ3v) is 3.04. The van der Waals surface area contributed by atoms with E-state index in [2.05, 4.69) is 0 Å². The Morgan fingerprint density at radius 3 is 2.18 bits per heavy atom. The summed E-state index contributed by atoms with van der Waals surface area (Å²) in [6.45, 7) is 0. The van der Waals surface area contributed by atoms with E-state index in [4.69, 9.17) is 5.11 Å². The number of nitro benzene ring substituents is 1. The number of carboxylic acid groups (broad SMARTS) is 1. The summed E-state index contributed by atoms with van der Waals surface area (Å²) in [6, 6.07) is 5.31. The Hall–Kier alpha value is -2.24. The average Bonchev–Trinajstić information content (AvgIpc) is 2.24. The fraction of sp³-hybridized carbons (Fsp3) is 0.273. The van der Waals surface area contributed by atoms with Crippen molar-refractivity contribution in [2.45, 2.75) is 18.3 Å². The second-order valence-electron chi connectivity index (χ2n) is 4.08. The van der Waals surface area contributed by atoms with Gasteiger partial charge in [0, 0.05) is 25.0 Å². The first-order valence-corrected chi connectivity index (χ1v) is 4.96. The molecule has 0 bridgehead atoms. The molecule has 0 spiro atoms. The van der Waals surface area contributed by atoms with E-state index >= 15 is 0 Å². The molecular weight excluding hydrogens is 226 g/mol. The molecule has 1 aromatic rings. The lowest BCUT2D eigenvalue weighted by atomic mass is 9.63. The van der Waals surface area contributed by atoms with Crippen LogP contribution in [0.5, 0.6) is 0 Å². The maximum atomic E-state index is 11.2. The minimum absolute atomic E-state index is 0.0415. The van der Waals surface area contributed by atoms with Crippen molar-refractivity contribution in [1.29, 1.82) is 0 Å². The second-order valence-corrected chi connectivity index (χ2v) is 4.08. The van der Waals surface area contributed by atoms with Crippen molar-refractivity contribution in [3.05, 3.63) is 39.9 Å². The van der Waals surface area contributed by atoms with E-state index in [0.29, 0.717) is 5.56 Å². The Morgan fingerprint density at radius 1 is 1.29 bits per heavy atom. The van der Waals surface area contributed by atoms with Gasteiger partial charge in [0.05, 0.1) is 4.92 Å². The smallest absolute Gasteiger partial charge is 0.315 e. The number of hydrogen-bond donors (Lipinski definition) is 1. The molecule has 0 saturated heterocycles. The van der Waals surface area contributed by atoms with Gasteiger partial charge in [0.15, 0.2) is 0 Å². The number of Topliss-reactive ketones (excluding diaryl/α,β-unsaturated/α-hetero) is 1. The Labute approximate surface area is 96.0 Å². The number of aliphatic carboxylic acids is 1. The molecule has 1 fully saturated rings. The summed E-state index contributed by atoms with van der Waals surface area (Å²) in [4.78, 5) is 32.1. The molecule has 6 heteroatoms. The van der Waals surface area contributed by atoms with Gasteiger partial charge in [-0.05, 0) is 5.56 Å². The van der Waals surface area contributed by atoms with Crippen LogP contribution in [0.2, 0.25) is 0 Å². The van der Waals surface area contributed by atoms with Crippen LogP contribution in [0.25, 0.3) is 0 Å². The lowest BCUT2D eigenvalue weighted by Crippen LogP contribution is -2.48. The molecule has 88 valence electrons. The monoisotopic (exact) mass is 235 g/mol. The highest BCUT2D eigenvalue weighted by Gasteiger charge is 2.51. The Balaban J connectivity index is 2.36. The van der Waals surface area contributed by atoms with Crippen molar-refractivity contribution in [3.63, 3.8) is 0 Å². The third kappa shape index (κ3) is 1.67. The van der Waals surface area contributed by atoms with E-state index in [9.17, 15) is 19.7 Å². The van der Waals surface area contributed by atoms with Crippen molar-refractivity contribution >= 4 is 17.4 Å². The zero-order valence-corrected chi connectivity index (χ0v) is 8.75. The van der Waals surface area contributed by atoms with Gasteiger partial charge >= 0.3 is 5.97 Å². The average molecular weight is 235 g/mol. The molecule has 1 aliphatic carbocycles. The maximum absolute atomic E-state index is 11.2. The molecule has 2 rings (SSSR count). The van der Waals surface area contributed by atoms with Gasteiger partial charge < -0.3 is 5.11 Å². The second kappa shape index (κ2) is 3.65. The quantitative estimate of drug-likeness (QED) is 0.628. The van der Waals surface area contributed by atoms with Crippen LogP contribution in [0.1, 0.15) is 18.4 Å². The van der Waals surface area contributed by atoms with Crippen molar-refractivity contribution < 1.29 is 19.6 Å². The molecule has 0 heterocycles. The van der Waals surface area contributed by atoms with Gasteiger partial charge in [0.1, 0.15) is 11.2 Å². The molecule has 0 amide bonds. The van der Waals surface area contributed by atoms with E-state index in [1.807, 2.05) is 0 Å². The van der Waals surface area contributed by atoms with Crippen LogP contribution < -0.4 is 0 Å². The normalized spacial score (nSPS) is 17.3. The van der Waals surface area contributed by atoms with Gasteiger partial charge in [-0.25, -0.2) is 0 Å². The number of nitro groups is 1. The predicted molar refractivity (Wildman–Crippen MR) is 56.7 cm³/mol. The van der Waals surface area contributed by atoms with Crippen molar-refractivity contribution in [3.8, 4) is 0 Å². The molecule has 1 aromatic carbocycles. The van der Waals surface area contributed by atoms with Crippen LogP contribution in [0.15, 0.2) is 24.3 Å². The first-order chi connectivity index (χ1) is 7.95. The summed E-state index contributed by atoms with van der Waals surface area (Å²) in [6.07, 6.45) is -0.0830. The standard InChI is InChI=1S/C11H9NO5/c13-9-5-11(6-9,10(14)15)7-1-3-8(4-2-7)12(16)17/h1-4H,5-6H2,(H,14,15). The Kier molecular flexibility index (Phi) is 2.42. The zero-order chi connectivity index (χ0) is 12.6. The fourth-order valence-electron chi connectivity index (χ4n) is 2.00. The molecule has 6 nitrogen and oxygen atoms in total. The number of benzene rings is 1. The van der Waals surface area contributed by atoms with Crippen LogP contribution in [0, 0.1) is 10.1 Å². The van der Waals surface area contributed by atoms with E-state index in [1.54, 1.807) is 0 Å². The van der Waals surface area contributed by atoms with E-state index in [-0.39, 0.29) is 24.3 Å². The highest BCUT2D eigenvalue weighted by molar-refractivity contribution is 6.01. The van der Waals surface area contributed by atoms with E-state index < -0.39 is 16.3 Å². The van der Waals surface area contributed by atoms with E-state index in [1.165, 1.54) is 24.3 Å². The van der Waals surface area contributed by atoms with E-state index in [0.717, 1.165) is 0 Å². The molecule has 0 radical (unpaired) electrons. The zero-order valence-electron chi connectivity index (χ0n) is 8.75. The van der Waals surface area contributed by atoms with Gasteiger partial charge in [-0.2, -0.15) is 0 Å². The number of carboxylic acids is 1. The molecule has 1 aliphatic rings. The molecule has 1 saturated carbocycles. The summed E-state index contributed by atoms with van der Waals surface area (Å²) in [5, 5.41) is 19.6. The number of carbonyl (C=O) groups is 2. The fourth-order valence-corrected chi connectivity index (χ4v) is 2.00. The predicted octanol–water partition coefficient (Wildman–Crippen LogP) is 1.28. The molecular formula is C11H9NO5. The number of hydrogen-bond acceptors (Lipinski definition) is 4. The summed E-state index contributed by atoms with van der Waals surface area (Å²) >= 11 is 0. The van der Waals surface area contributed by atoms with Gasteiger partial charge in [0.2, 0.25) is 0 Å². The first-order valence-electron chi connectivity index (χ1n) is 4.96. The highest BCUT2D eigenvalue weighted by atomic mass is 16.6. The number of non-ortho nitro benzene ring substituents is 1. The Morgan fingerprint density at radius 2 is 1.82 bits per heavy atom. The van der Waals surface area contributed by atoms with Gasteiger partial charge in [-0.1, -0.05) is 12.1 Å². The van der Waals surface area contributed by atoms with Gasteiger partial charge in [0.25, 0.3) is 5.69 Å². The summed E-state index contributed by atoms with van der Waals surface area (Å²) in [7, 11) is 0. The number of rotatable bonds is 3. The minimum atomic E-state index is -1.19. The van der Waals surface area contributed by atoms with Gasteiger partial charge in [-0.15, -0.1) is 0 Å². The topological polar surface area (TPSA) is 97.5 Å². The molecule has 1 N–H and O–H groups in total. The number of nitrogens with zero attached hydrogens (tertiary/aromatic N) is 1. The summed E-state index contributed by atoms with van der Waals surface area (Å²) < 4.78 is 0. The maximum Gasteiger partial charge on any atom is 0.315 e. The lowest BCUT2D eigenvalue weighted by Gasteiger charge is -2.36. The molecule has 0 atom stereocenters. The molecule has 17 heavy (non-hydrogen) atoms. The number of carbonyl (C=O) groups excluding carboxylic acids is 1. The lowest BCUT2D eigenvalue weighted by molar-refractivity contribution is -0.384. The van der Waals surface area contributed by atoms with Crippen LogP contribution in [0.3, 0.4) is 0 Å². The van der Waals surface area contributed by atoms with Gasteiger partial charge in [-0.3, -0.25) is 19.7 Å². The SMILES string of the molecule is O=C1CC(C(=O)O)(c2ccc([N+](=O)[O-])cc2)C1. The minimum Gasteiger partial charge on any atom is -0.481 e. The van der Waals surface area contributed by atoms with Crippen LogP contribution in [-0.2, 0) is 15.0 Å². The van der Waals surface area contributed by atoms with Crippen molar-refractivity contribution in [2.24, 2.45) is 0 Å². The first kappa shape index (κ1) is 11.3. The molecule has 0 unspecified atom stereocenters.